The summed E-state index contributed by atoms with van der Waals surface area (Å²) < 4.78 is 6.14. The molecule has 6 heteroatoms. The lowest BCUT2D eigenvalue weighted by molar-refractivity contribution is 0.187. The monoisotopic (exact) mass is 353 g/mol. The van der Waals surface area contributed by atoms with Gasteiger partial charge in [-0.1, -0.05) is 24.3 Å². The number of likely N-dealkylation sites (tertiary alicyclic amines) is 1. The summed E-state index contributed by atoms with van der Waals surface area (Å²) >= 11 is 1.65. The van der Waals surface area contributed by atoms with Gasteiger partial charge < -0.3 is 15.0 Å². The Balaban J connectivity index is 1.36. The van der Waals surface area contributed by atoms with Gasteiger partial charge in [-0.25, -0.2) is 4.79 Å². The highest BCUT2D eigenvalue weighted by Gasteiger charge is 2.28. The third-order valence-corrected chi connectivity index (χ3v) is 5.19. The molecular weight excluding hydrogens is 334 g/mol. The van der Waals surface area contributed by atoms with Crippen LogP contribution in [0.1, 0.15) is 11.3 Å². The van der Waals surface area contributed by atoms with E-state index in [1.165, 1.54) is 0 Å². The Hall–Kier alpha value is -2.60. The van der Waals surface area contributed by atoms with Crippen molar-refractivity contribution in [2.75, 3.05) is 13.1 Å². The Morgan fingerprint density at radius 1 is 1.28 bits per heavy atom. The lowest BCUT2D eigenvalue weighted by Crippen LogP contribution is -2.38. The van der Waals surface area contributed by atoms with Gasteiger partial charge in [-0.3, -0.25) is 4.98 Å². The number of hydrogen-bond donors (Lipinski definition) is 1. The molecule has 1 N–H and O–H groups in total. The zero-order chi connectivity index (χ0) is 17.1. The molecule has 3 heterocycles. The van der Waals surface area contributed by atoms with Crippen LogP contribution in [0.5, 0.6) is 5.75 Å². The molecule has 0 bridgehead atoms. The maximum absolute atomic E-state index is 12.3. The molecule has 1 aliphatic heterocycles. The third-order valence-electron chi connectivity index (χ3n) is 4.32. The normalized spacial score (nSPS) is 17.0. The molecule has 0 aliphatic carbocycles. The minimum absolute atomic E-state index is 0.0000869. The summed E-state index contributed by atoms with van der Waals surface area (Å²) in [5.74, 6) is 0.781. The predicted octanol–water partition coefficient (Wildman–Crippen LogP) is 3.66. The van der Waals surface area contributed by atoms with E-state index in [1.807, 2.05) is 52.7 Å². The number of carbonyl (C=O) groups is 1. The van der Waals surface area contributed by atoms with Gasteiger partial charge in [0.05, 0.1) is 13.1 Å². The maximum Gasteiger partial charge on any atom is 0.317 e. The molecule has 1 fully saturated rings. The molecular formula is C19H19N3O2S. The van der Waals surface area contributed by atoms with Gasteiger partial charge in [-0.2, -0.15) is 0 Å². The first-order valence-corrected chi connectivity index (χ1v) is 9.23. The van der Waals surface area contributed by atoms with Crippen molar-refractivity contribution in [1.82, 2.24) is 15.2 Å². The SMILES string of the molecule is O=C(NCc1cccs1)N1CCC(Oc2cccc3cccnc23)C1. The van der Waals surface area contributed by atoms with E-state index in [4.69, 9.17) is 4.74 Å². The largest absolute Gasteiger partial charge is 0.486 e. The second-order valence-corrected chi connectivity index (χ2v) is 7.08. The van der Waals surface area contributed by atoms with Gasteiger partial charge in [0.2, 0.25) is 0 Å². The molecule has 2 aromatic heterocycles. The highest BCUT2D eigenvalue weighted by atomic mass is 32.1. The molecule has 5 nitrogen and oxygen atoms in total. The van der Waals surface area contributed by atoms with Gasteiger partial charge in [-0.05, 0) is 23.6 Å². The lowest BCUT2D eigenvalue weighted by Gasteiger charge is -2.18. The van der Waals surface area contributed by atoms with Crippen molar-refractivity contribution in [3.05, 3.63) is 58.9 Å². The maximum atomic E-state index is 12.3. The molecule has 2 amide bonds. The Labute approximate surface area is 150 Å². The summed E-state index contributed by atoms with van der Waals surface area (Å²) in [6.07, 6.45) is 2.60. The highest BCUT2D eigenvalue weighted by molar-refractivity contribution is 7.09. The minimum Gasteiger partial charge on any atom is -0.486 e. The Morgan fingerprint density at radius 2 is 2.20 bits per heavy atom. The number of thiophene rings is 1. The number of urea groups is 1. The van der Waals surface area contributed by atoms with Crippen LogP contribution in [-0.4, -0.2) is 35.1 Å². The molecule has 25 heavy (non-hydrogen) atoms. The van der Waals surface area contributed by atoms with Crippen molar-refractivity contribution in [1.29, 1.82) is 0 Å². The molecule has 1 aromatic carbocycles. The van der Waals surface area contributed by atoms with Crippen LogP contribution >= 0.6 is 11.3 Å². The molecule has 0 saturated carbocycles. The van der Waals surface area contributed by atoms with Crippen molar-refractivity contribution < 1.29 is 9.53 Å². The number of nitrogens with one attached hydrogen (secondary N) is 1. The van der Waals surface area contributed by atoms with Crippen LogP contribution in [0, 0.1) is 0 Å². The topological polar surface area (TPSA) is 54.5 Å². The number of para-hydroxylation sites is 1. The Kier molecular flexibility index (Phi) is 4.52. The number of ether oxygens (including phenoxy) is 1. The lowest BCUT2D eigenvalue weighted by atomic mass is 10.2. The number of nitrogens with zero attached hydrogens (tertiary/aromatic N) is 2. The van der Waals surface area contributed by atoms with E-state index in [9.17, 15) is 4.79 Å². The molecule has 128 valence electrons. The number of amides is 2. The average Bonchev–Trinajstić information content (AvgIpc) is 3.32. The summed E-state index contributed by atoms with van der Waals surface area (Å²) in [6.45, 7) is 1.88. The fourth-order valence-electron chi connectivity index (χ4n) is 3.05. The highest BCUT2D eigenvalue weighted by Crippen LogP contribution is 2.26. The van der Waals surface area contributed by atoms with Crippen LogP contribution in [0.4, 0.5) is 4.79 Å². The zero-order valence-electron chi connectivity index (χ0n) is 13.7. The number of hydrogen-bond acceptors (Lipinski definition) is 4. The molecule has 0 spiro atoms. The molecule has 1 aliphatic rings. The molecule has 4 rings (SSSR count). The van der Waals surface area contributed by atoms with Gasteiger partial charge in [0, 0.05) is 29.4 Å². The van der Waals surface area contributed by atoms with Crippen LogP contribution in [0.2, 0.25) is 0 Å². The fraction of sp³-hybridized carbons (Fsp3) is 0.263. The molecule has 1 atom stereocenters. The first-order chi connectivity index (χ1) is 12.3. The van der Waals surface area contributed by atoms with Crippen LogP contribution < -0.4 is 10.1 Å². The van der Waals surface area contributed by atoms with E-state index in [-0.39, 0.29) is 12.1 Å². The summed E-state index contributed by atoms with van der Waals surface area (Å²) in [7, 11) is 0. The molecule has 1 unspecified atom stereocenters. The Bertz CT molecular complexity index is 861. The van der Waals surface area contributed by atoms with Gasteiger partial charge in [-0.15, -0.1) is 11.3 Å². The molecule has 3 aromatic rings. The first kappa shape index (κ1) is 15.9. The second-order valence-electron chi connectivity index (χ2n) is 6.04. The summed E-state index contributed by atoms with van der Waals surface area (Å²) in [6, 6.07) is 13.9. The van der Waals surface area contributed by atoms with Gasteiger partial charge >= 0.3 is 6.03 Å². The van der Waals surface area contributed by atoms with Crippen LogP contribution in [0.25, 0.3) is 10.9 Å². The third kappa shape index (κ3) is 3.58. The molecule has 0 radical (unpaired) electrons. The van der Waals surface area contributed by atoms with Gasteiger partial charge in [0.1, 0.15) is 17.4 Å². The van der Waals surface area contributed by atoms with E-state index < -0.39 is 0 Å². The Morgan fingerprint density at radius 3 is 3.08 bits per heavy atom. The smallest absolute Gasteiger partial charge is 0.317 e. The van der Waals surface area contributed by atoms with Crippen molar-refractivity contribution in [3.8, 4) is 5.75 Å². The summed E-state index contributed by atoms with van der Waals surface area (Å²) in [4.78, 5) is 19.7. The van der Waals surface area contributed by atoms with E-state index >= 15 is 0 Å². The second kappa shape index (κ2) is 7.11. The first-order valence-electron chi connectivity index (χ1n) is 8.35. The zero-order valence-corrected chi connectivity index (χ0v) is 14.5. The number of fused-ring (bicyclic) bond motifs is 1. The minimum atomic E-state index is -0.0319. The summed E-state index contributed by atoms with van der Waals surface area (Å²) in [5.41, 5.74) is 0.866. The van der Waals surface area contributed by atoms with Crippen molar-refractivity contribution in [2.45, 2.75) is 19.1 Å². The predicted molar refractivity (Wildman–Crippen MR) is 98.9 cm³/mol. The van der Waals surface area contributed by atoms with E-state index in [2.05, 4.69) is 10.3 Å². The number of benzene rings is 1. The number of carbonyl (C=O) groups excluding carboxylic acids is 1. The van der Waals surface area contributed by atoms with E-state index in [0.717, 1.165) is 28.0 Å². The number of pyridine rings is 1. The van der Waals surface area contributed by atoms with E-state index in [0.29, 0.717) is 19.6 Å². The molecule has 1 saturated heterocycles. The van der Waals surface area contributed by atoms with Crippen LogP contribution in [0.15, 0.2) is 54.0 Å². The van der Waals surface area contributed by atoms with E-state index in [1.54, 1.807) is 17.5 Å². The van der Waals surface area contributed by atoms with Crippen molar-refractivity contribution in [2.24, 2.45) is 0 Å². The quantitative estimate of drug-likeness (QED) is 0.779. The van der Waals surface area contributed by atoms with Crippen LogP contribution in [-0.2, 0) is 6.54 Å². The van der Waals surface area contributed by atoms with Gasteiger partial charge in [0.25, 0.3) is 0 Å². The number of rotatable bonds is 4. The van der Waals surface area contributed by atoms with Crippen molar-refractivity contribution in [3.63, 3.8) is 0 Å². The van der Waals surface area contributed by atoms with Crippen molar-refractivity contribution >= 4 is 28.3 Å². The summed E-state index contributed by atoms with van der Waals surface area (Å²) in [5, 5.41) is 6.04. The average molecular weight is 353 g/mol. The number of aromatic nitrogens is 1. The van der Waals surface area contributed by atoms with Crippen LogP contribution in [0.3, 0.4) is 0 Å². The van der Waals surface area contributed by atoms with Gasteiger partial charge in [0.15, 0.2) is 0 Å². The standard InChI is InChI=1S/C19H19N3O2S/c23-19(21-12-16-6-3-11-25-16)22-10-8-15(13-22)24-17-7-1-4-14-5-2-9-20-18(14)17/h1-7,9,11,15H,8,10,12-13H2,(H,21,23). The fourth-order valence-corrected chi connectivity index (χ4v) is 3.69.